The molecule has 3 aromatic rings. The molecule has 0 radical (unpaired) electrons. The average molecular weight is 504 g/mol. The minimum atomic E-state index is -0.942. The van der Waals surface area contributed by atoms with Gasteiger partial charge in [-0.05, 0) is 62.2 Å². The van der Waals surface area contributed by atoms with E-state index in [1.54, 1.807) is 19.1 Å². The standard InChI is InChI=1S/C26H24N4O7/c1-15-6-5-7-16(2)23(15)27-24(31)25(32)29-28-17(3)19-10-13-21(22(14-19)36-4)37-26(33)18-8-11-20(12-9-18)30(34)35/h5-14H,1-4H3,(H,27,31)(H,29,32)/b28-17+. The Kier molecular flexibility index (Phi) is 8.31. The number of ether oxygens (including phenoxy) is 2. The zero-order valence-corrected chi connectivity index (χ0v) is 20.5. The molecule has 0 bridgehead atoms. The third-order valence-corrected chi connectivity index (χ3v) is 5.35. The van der Waals surface area contributed by atoms with Crippen LogP contribution in [0.1, 0.15) is 34.0 Å². The molecule has 0 fully saturated rings. The fraction of sp³-hybridized carbons (Fsp3) is 0.154. The summed E-state index contributed by atoms with van der Waals surface area (Å²) in [6.07, 6.45) is 0. The highest BCUT2D eigenvalue weighted by molar-refractivity contribution is 6.39. The number of hydrogen-bond donors (Lipinski definition) is 2. The number of nitro benzene ring substituents is 1. The van der Waals surface area contributed by atoms with Crippen LogP contribution >= 0.6 is 0 Å². The number of carbonyl (C=O) groups is 3. The van der Waals surface area contributed by atoms with E-state index in [1.165, 1.54) is 37.4 Å². The van der Waals surface area contributed by atoms with E-state index in [0.29, 0.717) is 17.0 Å². The Morgan fingerprint density at radius 2 is 1.51 bits per heavy atom. The molecular weight excluding hydrogens is 480 g/mol. The maximum absolute atomic E-state index is 12.4. The first kappa shape index (κ1) is 26.5. The van der Waals surface area contributed by atoms with Crippen LogP contribution in [0.15, 0.2) is 65.8 Å². The first-order chi connectivity index (χ1) is 17.6. The third kappa shape index (κ3) is 6.54. The lowest BCUT2D eigenvalue weighted by atomic mass is 10.1. The van der Waals surface area contributed by atoms with Gasteiger partial charge in [0.2, 0.25) is 0 Å². The van der Waals surface area contributed by atoms with Crippen molar-refractivity contribution in [2.75, 3.05) is 12.4 Å². The Labute approximate surface area is 212 Å². The van der Waals surface area contributed by atoms with Crippen molar-refractivity contribution in [3.05, 3.63) is 93.0 Å². The smallest absolute Gasteiger partial charge is 0.343 e. The van der Waals surface area contributed by atoms with Gasteiger partial charge >= 0.3 is 17.8 Å². The third-order valence-electron chi connectivity index (χ3n) is 5.35. The number of para-hydroxylation sites is 1. The summed E-state index contributed by atoms with van der Waals surface area (Å²) < 4.78 is 10.7. The molecule has 11 nitrogen and oxygen atoms in total. The van der Waals surface area contributed by atoms with Crippen molar-refractivity contribution in [3.8, 4) is 11.5 Å². The summed E-state index contributed by atoms with van der Waals surface area (Å²) in [5.41, 5.74) is 5.29. The number of nitro groups is 1. The molecule has 2 N–H and O–H groups in total. The summed E-state index contributed by atoms with van der Waals surface area (Å²) >= 11 is 0. The number of anilines is 1. The lowest BCUT2D eigenvalue weighted by Crippen LogP contribution is -2.33. The van der Waals surface area contributed by atoms with Gasteiger partial charge in [-0.15, -0.1) is 0 Å². The maximum atomic E-state index is 12.4. The second-order valence-electron chi connectivity index (χ2n) is 7.92. The van der Waals surface area contributed by atoms with Crippen molar-refractivity contribution in [3.63, 3.8) is 0 Å². The molecule has 37 heavy (non-hydrogen) atoms. The van der Waals surface area contributed by atoms with Crippen LogP contribution in [-0.2, 0) is 9.59 Å². The second-order valence-corrected chi connectivity index (χ2v) is 7.92. The number of hydrazone groups is 1. The number of nitrogens with one attached hydrogen (secondary N) is 2. The Balaban J connectivity index is 1.68. The predicted molar refractivity (Wildman–Crippen MR) is 136 cm³/mol. The molecule has 0 saturated heterocycles. The molecular formula is C26H24N4O7. The molecule has 190 valence electrons. The highest BCUT2D eigenvalue weighted by atomic mass is 16.6. The van der Waals surface area contributed by atoms with E-state index in [9.17, 15) is 24.5 Å². The number of methoxy groups -OCH3 is 1. The van der Waals surface area contributed by atoms with Crippen LogP contribution in [0.2, 0.25) is 0 Å². The van der Waals surface area contributed by atoms with Crippen LogP contribution < -0.4 is 20.2 Å². The van der Waals surface area contributed by atoms with Crippen molar-refractivity contribution < 1.29 is 28.8 Å². The zero-order valence-electron chi connectivity index (χ0n) is 20.5. The Morgan fingerprint density at radius 1 is 0.892 bits per heavy atom. The van der Waals surface area contributed by atoms with Gasteiger partial charge in [0.25, 0.3) is 5.69 Å². The van der Waals surface area contributed by atoms with Gasteiger partial charge in [-0.2, -0.15) is 5.10 Å². The van der Waals surface area contributed by atoms with E-state index in [0.717, 1.165) is 11.1 Å². The molecule has 0 saturated carbocycles. The highest BCUT2D eigenvalue weighted by Gasteiger charge is 2.17. The number of non-ortho nitro benzene ring substituents is 1. The second kappa shape index (κ2) is 11.6. The van der Waals surface area contributed by atoms with Crippen molar-refractivity contribution in [2.24, 2.45) is 5.10 Å². The summed E-state index contributed by atoms with van der Waals surface area (Å²) in [7, 11) is 1.38. The number of aryl methyl sites for hydroxylation is 2. The molecule has 3 aromatic carbocycles. The molecule has 0 aliphatic rings. The van der Waals surface area contributed by atoms with Gasteiger partial charge in [0.05, 0.1) is 23.3 Å². The molecule has 0 aliphatic carbocycles. The molecule has 0 spiro atoms. The number of hydrogen-bond acceptors (Lipinski definition) is 8. The fourth-order valence-corrected chi connectivity index (χ4v) is 3.29. The van der Waals surface area contributed by atoms with Crippen LogP contribution in [0.25, 0.3) is 0 Å². The van der Waals surface area contributed by atoms with Crippen LogP contribution in [0, 0.1) is 24.0 Å². The van der Waals surface area contributed by atoms with Gasteiger partial charge in [-0.1, -0.05) is 18.2 Å². The summed E-state index contributed by atoms with van der Waals surface area (Å²) in [5.74, 6) is -2.21. The maximum Gasteiger partial charge on any atom is 0.343 e. The summed E-state index contributed by atoms with van der Waals surface area (Å²) in [4.78, 5) is 47.2. The van der Waals surface area contributed by atoms with Crippen LogP contribution in [0.5, 0.6) is 11.5 Å². The number of esters is 1. The Bertz CT molecular complexity index is 1380. The van der Waals surface area contributed by atoms with E-state index in [-0.39, 0.29) is 22.7 Å². The SMILES string of the molecule is COc1cc(/C(C)=N/NC(=O)C(=O)Nc2c(C)cccc2C)ccc1OC(=O)c1ccc([N+](=O)[O-])cc1. The van der Waals surface area contributed by atoms with Crippen molar-refractivity contribution >= 4 is 34.9 Å². The monoisotopic (exact) mass is 504 g/mol. The molecule has 3 rings (SSSR count). The number of nitrogens with zero attached hydrogens (tertiary/aromatic N) is 2. The summed E-state index contributed by atoms with van der Waals surface area (Å²) in [6.45, 7) is 5.26. The molecule has 0 atom stereocenters. The molecule has 0 heterocycles. The first-order valence-corrected chi connectivity index (χ1v) is 11.0. The normalized spacial score (nSPS) is 10.9. The fourth-order valence-electron chi connectivity index (χ4n) is 3.29. The zero-order chi connectivity index (χ0) is 27.1. The highest BCUT2D eigenvalue weighted by Crippen LogP contribution is 2.29. The Morgan fingerprint density at radius 3 is 2.11 bits per heavy atom. The van der Waals surface area contributed by atoms with Gasteiger partial charge < -0.3 is 14.8 Å². The molecule has 0 unspecified atom stereocenters. The quantitative estimate of drug-likeness (QED) is 0.124. The molecule has 11 heteroatoms. The number of amides is 2. The van der Waals surface area contributed by atoms with E-state index < -0.39 is 22.7 Å². The van der Waals surface area contributed by atoms with Gasteiger partial charge in [0.1, 0.15) is 0 Å². The molecule has 0 aromatic heterocycles. The van der Waals surface area contributed by atoms with Crippen LogP contribution in [0.3, 0.4) is 0 Å². The van der Waals surface area contributed by atoms with Gasteiger partial charge in [-0.3, -0.25) is 19.7 Å². The van der Waals surface area contributed by atoms with Crippen LogP contribution in [-0.4, -0.2) is 35.5 Å². The van der Waals surface area contributed by atoms with Gasteiger partial charge in [-0.25, -0.2) is 10.2 Å². The number of rotatable bonds is 7. The lowest BCUT2D eigenvalue weighted by Gasteiger charge is -2.12. The largest absolute Gasteiger partial charge is 0.493 e. The van der Waals surface area contributed by atoms with E-state index in [4.69, 9.17) is 9.47 Å². The van der Waals surface area contributed by atoms with E-state index in [1.807, 2.05) is 32.0 Å². The minimum absolute atomic E-state index is 0.111. The van der Waals surface area contributed by atoms with Crippen molar-refractivity contribution in [2.45, 2.75) is 20.8 Å². The number of benzene rings is 3. The summed E-state index contributed by atoms with van der Waals surface area (Å²) in [6, 6.07) is 15.1. The van der Waals surface area contributed by atoms with E-state index >= 15 is 0 Å². The minimum Gasteiger partial charge on any atom is -0.493 e. The summed E-state index contributed by atoms with van der Waals surface area (Å²) in [5, 5.41) is 17.3. The van der Waals surface area contributed by atoms with Crippen molar-refractivity contribution in [1.82, 2.24) is 5.43 Å². The predicted octanol–water partition coefficient (Wildman–Crippen LogP) is 3.92. The van der Waals surface area contributed by atoms with E-state index in [2.05, 4.69) is 15.8 Å². The molecule has 2 amide bonds. The van der Waals surface area contributed by atoms with Crippen molar-refractivity contribution in [1.29, 1.82) is 0 Å². The Hall–Kier alpha value is -5.06. The molecule has 0 aliphatic heterocycles. The van der Waals surface area contributed by atoms with Crippen LogP contribution in [0.4, 0.5) is 11.4 Å². The van der Waals surface area contributed by atoms with Gasteiger partial charge in [0, 0.05) is 23.4 Å². The number of carbonyl (C=O) groups excluding carboxylic acids is 3. The lowest BCUT2D eigenvalue weighted by molar-refractivity contribution is -0.384. The van der Waals surface area contributed by atoms with Gasteiger partial charge in [0.15, 0.2) is 11.5 Å². The first-order valence-electron chi connectivity index (χ1n) is 11.0. The topological polar surface area (TPSA) is 149 Å². The average Bonchev–Trinajstić information content (AvgIpc) is 2.89.